The highest BCUT2D eigenvalue weighted by Crippen LogP contribution is 2.20. The summed E-state index contributed by atoms with van der Waals surface area (Å²) in [5, 5.41) is 0. The van der Waals surface area contributed by atoms with E-state index in [1.54, 1.807) is 0 Å². The Balaban J connectivity index is 2.22. The van der Waals surface area contributed by atoms with Crippen molar-refractivity contribution in [3.05, 3.63) is 0 Å². The minimum atomic E-state index is 0.528. The first-order valence-corrected chi connectivity index (χ1v) is 3.48. The second-order valence-electron chi connectivity index (χ2n) is 2.55. The van der Waals surface area contributed by atoms with E-state index in [1.165, 1.54) is 19.3 Å². The molecule has 0 aromatic rings. The molecule has 1 heteroatoms. The summed E-state index contributed by atoms with van der Waals surface area (Å²) in [5.74, 6) is 0. The molecular formula is C7H14O. The lowest BCUT2D eigenvalue weighted by atomic mass is 10.2. The van der Waals surface area contributed by atoms with Gasteiger partial charge in [0.25, 0.3) is 0 Å². The molecule has 1 fully saturated rings. The Kier molecular flexibility index (Phi) is 1.90. The van der Waals surface area contributed by atoms with E-state index in [2.05, 4.69) is 13.8 Å². The quantitative estimate of drug-likeness (QED) is 0.506. The van der Waals surface area contributed by atoms with Crippen LogP contribution in [-0.4, -0.2) is 12.2 Å². The van der Waals surface area contributed by atoms with Gasteiger partial charge in [0.15, 0.2) is 0 Å². The molecular weight excluding hydrogens is 100 g/mol. The molecule has 0 bridgehead atoms. The Bertz CT molecular complexity index is 70.8. The summed E-state index contributed by atoms with van der Waals surface area (Å²) in [6, 6.07) is 0. The summed E-state index contributed by atoms with van der Waals surface area (Å²) < 4.78 is 5.51. The van der Waals surface area contributed by atoms with Gasteiger partial charge in [-0.1, -0.05) is 6.92 Å². The fourth-order valence-corrected chi connectivity index (χ4v) is 1.19. The smallest absolute Gasteiger partial charge is 0.0577 e. The van der Waals surface area contributed by atoms with Crippen LogP contribution in [0, 0.1) is 0 Å². The SMILES string of the molecule is CC[C@@H]1CC[C@@H](C)O1. The van der Waals surface area contributed by atoms with Crippen molar-refractivity contribution < 1.29 is 4.74 Å². The largest absolute Gasteiger partial charge is 0.375 e. The van der Waals surface area contributed by atoms with E-state index in [1.807, 2.05) is 0 Å². The van der Waals surface area contributed by atoms with Gasteiger partial charge < -0.3 is 4.74 Å². The molecule has 0 aliphatic carbocycles. The van der Waals surface area contributed by atoms with Gasteiger partial charge >= 0.3 is 0 Å². The standard InChI is InChI=1S/C7H14O/c1-3-7-5-4-6(2)8-7/h6-7H,3-5H2,1-2H3/t6-,7-/m1/s1. The molecule has 0 N–H and O–H groups in total. The van der Waals surface area contributed by atoms with Crippen molar-refractivity contribution in [3.8, 4) is 0 Å². The summed E-state index contributed by atoms with van der Waals surface area (Å²) >= 11 is 0. The summed E-state index contributed by atoms with van der Waals surface area (Å²) in [4.78, 5) is 0. The van der Waals surface area contributed by atoms with Crippen molar-refractivity contribution in [2.24, 2.45) is 0 Å². The van der Waals surface area contributed by atoms with E-state index in [4.69, 9.17) is 4.74 Å². The molecule has 1 rings (SSSR count). The van der Waals surface area contributed by atoms with E-state index >= 15 is 0 Å². The molecule has 48 valence electrons. The zero-order chi connectivity index (χ0) is 5.98. The van der Waals surface area contributed by atoms with Crippen LogP contribution in [0.3, 0.4) is 0 Å². The first-order chi connectivity index (χ1) is 3.83. The van der Waals surface area contributed by atoms with Gasteiger partial charge in [-0.3, -0.25) is 0 Å². The molecule has 0 unspecified atom stereocenters. The third-order valence-electron chi connectivity index (χ3n) is 1.78. The van der Waals surface area contributed by atoms with Crippen LogP contribution < -0.4 is 0 Å². The maximum Gasteiger partial charge on any atom is 0.0577 e. The van der Waals surface area contributed by atoms with Crippen LogP contribution >= 0.6 is 0 Å². The first kappa shape index (κ1) is 6.09. The Morgan fingerprint density at radius 1 is 1.50 bits per heavy atom. The van der Waals surface area contributed by atoms with Gasteiger partial charge in [0.05, 0.1) is 12.2 Å². The van der Waals surface area contributed by atoms with E-state index in [0.717, 1.165) is 0 Å². The molecule has 0 aromatic carbocycles. The van der Waals surface area contributed by atoms with Gasteiger partial charge in [-0.15, -0.1) is 0 Å². The van der Waals surface area contributed by atoms with Gasteiger partial charge in [-0.25, -0.2) is 0 Å². The summed E-state index contributed by atoms with van der Waals surface area (Å²) in [7, 11) is 0. The van der Waals surface area contributed by atoms with Gasteiger partial charge in [0.1, 0.15) is 0 Å². The second kappa shape index (κ2) is 2.49. The Hall–Kier alpha value is -0.0400. The van der Waals surface area contributed by atoms with Crippen molar-refractivity contribution in [2.75, 3.05) is 0 Å². The number of hydrogen-bond donors (Lipinski definition) is 0. The fourth-order valence-electron chi connectivity index (χ4n) is 1.19. The van der Waals surface area contributed by atoms with Crippen molar-refractivity contribution in [3.63, 3.8) is 0 Å². The third-order valence-corrected chi connectivity index (χ3v) is 1.78. The molecule has 0 spiro atoms. The molecule has 8 heavy (non-hydrogen) atoms. The van der Waals surface area contributed by atoms with E-state index < -0.39 is 0 Å². The van der Waals surface area contributed by atoms with E-state index in [9.17, 15) is 0 Å². The molecule has 0 saturated carbocycles. The zero-order valence-electron chi connectivity index (χ0n) is 5.68. The van der Waals surface area contributed by atoms with Crippen molar-refractivity contribution in [1.82, 2.24) is 0 Å². The normalized spacial score (nSPS) is 38.2. The van der Waals surface area contributed by atoms with Crippen molar-refractivity contribution in [1.29, 1.82) is 0 Å². The lowest BCUT2D eigenvalue weighted by Gasteiger charge is -2.05. The lowest BCUT2D eigenvalue weighted by Crippen LogP contribution is -2.05. The molecule has 0 amide bonds. The summed E-state index contributed by atoms with van der Waals surface area (Å²) in [5.41, 5.74) is 0. The van der Waals surface area contributed by atoms with Crippen LogP contribution in [-0.2, 0) is 4.74 Å². The molecule has 1 nitrogen and oxygen atoms in total. The molecule has 1 heterocycles. The topological polar surface area (TPSA) is 9.23 Å². The Labute approximate surface area is 51.0 Å². The summed E-state index contributed by atoms with van der Waals surface area (Å²) in [6.45, 7) is 4.33. The molecule has 1 aliphatic heterocycles. The van der Waals surface area contributed by atoms with E-state index in [0.29, 0.717) is 12.2 Å². The summed E-state index contributed by atoms with van der Waals surface area (Å²) in [6.07, 6.45) is 4.82. The Morgan fingerprint density at radius 2 is 2.25 bits per heavy atom. The van der Waals surface area contributed by atoms with Gasteiger partial charge in [-0.2, -0.15) is 0 Å². The van der Waals surface area contributed by atoms with Crippen LogP contribution in [0.25, 0.3) is 0 Å². The van der Waals surface area contributed by atoms with Crippen molar-refractivity contribution in [2.45, 2.75) is 45.3 Å². The number of ether oxygens (including phenoxy) is 1. The molecule has 1 aliphatic rings. The van der Waals surface area contributed by atoms with Crippen LogP contribution in [0.1, 0.15) is 33.1 Å². The van der Waals surface area contributed by atoms with Crippen LogP contribution in [0.4, 0.5) is 0 Å². The number of rotatable bonds is 1. The second-order valence-corrected chi connectivity index (χ2v) is 2.55. The molecule has 0 aromatic heterocycles. The van der Waals surface area contributed by atoms with Crippen molar-refractivity contribution >= 4 is 0 Å². The van der Waals surface area contributed by atoms with Gasteiger partial charge in [-0.05, 0) is 26.2 Å². The predicted octanol–water partition coefficient (Wildman–Crippen LogP) is 1.96. The maximum atomic E-state index is 5.51. The van der Waals surface area contributed by atoms with Crippen LogP contribution in [0.15, 0.2) is 0 Å². The first-order valence-electron chi connectivity index (χ1n) is 3.48. The highest BCUT2D eigenvalue weighted by atomic mass is 16.5. The predicted molar refractivity (Wildman–Crippen MR) is 33.9 cm³/mol. The Morgan fingerprint density at radius 3 is 2.50 bits per heavy atom. The van der Waals surface area contributed by atoms with Gasteiger partial charge in [0.2, 0.25) is 0 Å². The van der Waals surface area contributed by atoms with E-state index in [-0.39, 0.29) is 0 Å². The number of hydrogen-bond acceptors (Lipinski definition) is 1. The van der Waals surface area contributed by atoms with Crippen LogP contribution in [0.5, 0.6) is 0 Å². The minimum absolute atomic E-state index is 0.528. The fraction of sp³-hybridized carbons (Fsp3) is 1.00. The molecule has 2 atom stereocenters. The maximum absolute atomic E-state index is 5.51. The monoisotopic (exact) mass is 114 g/mol. The van der Waals surface area contributed by atoms with Gasteiger partial charge in [0, 0.05) is 0 Å². The average molecular weight is 114 g/mol. The molecule has 0 radical (unpaired) electrons. The lowest BCUT2D eigenvalue weighted by molar-refractivity contribution is 0.0540. The minimum Gasteiger partial charge on any atom is -0.375 e. The third kappa shape index (κ3) is 1.22. The zero-order valence-corrected chi connectivity index (χ0v) is 5.68. The average Bonchev–Trinajstić information content (AvgIpc) is 2.14. The molecule has 1 saturated heterocycles. The highest BCUT2D eigenvalue weighted by molar-refractivity contribution is 4.68. The van der Waals surface area contributed by atoms with Crippen LogP contribution in [0.2, 0.25) is 0 Å². The highest BCUT2D eigenvalue weighted by Gasteiger charge is 2.18.